The summed E-state index contributed by atoms with van der Waals surface area (Å²) in [6.45, 7) is 3.90. The summed E-state index contributed by atoms with van der Waals surface area (Å²) in [7, 11) is 1.90. The molecule has 0 atom stereocenters. The van der Waals surface area contributed by atoms with E-state index < -0.39 is 17.8 Å². The third-order valence-electron chi connectivity index (χ3n) is 4.83. The van der Waals surface area contributed by atoms with Gasteiger partial charge in [-0.2, -0.15) is 0 Å². The fraction of sp³-hybridized carbons (Fsp3) is 0.211. The van der Waals surface area contributed by atoms with Gasteiger partial charge < -0.3 is 14.0 Å². The van der Waals surface area contributed by atoms with Crippen LogP contribution in [0.15, 0.2) is 29.8 Å². The molecule has 0 aliphatic carbocycles. The molecule has 1 fully saturated rings. The number of benzene rings is 1. The zero-order valence-electron chi connectivity index (χ0n) is 15.0. The summed E-state index contributed by atoms with van der Waals surface area (Å²) in [4.78, 5) is 38.5. The third kappa shape index (κ3) is 2.66. The van der Waals surface area contributed by atoms with Crippen LogP contribution in [0.4, 0.5) is 10.5 Å². The zero-order chi connectivity index (χ0) is 19.3. The number of carbonyl (C=O) groups excluding carboxylic acids is 3. The summed E-state index contributed by atoms with van der Waals surface area (Å²) in [5.74, 6) is -0.442. The van der Waals surface area contributed by atoms with Crippen LogP contribution in [-0.4, -0.2) is 29.2 Å². The van der Waals surface area contributed by atoms with Crippen LogP contribution >= 0.6 is 0 Å². The molecule has 0 saturated carbocycles. The average Bonchev–Trinajstić information content (AvgIpc) is 3.18. The molecule has 0 unspecified atom stereocenters. The summed E-state index contributed by atoms with van der Waals surface area (Å²) in [6.07, 6.45) is 1.51. The SMILES string of the molecule is Cc1cc(/C=C2\C(=O)NC(=O)N(c3ccc4c(c3)OCO4)C2=O)c(C)n1C. The van der Waals surface area contributed by atoms with Gasteiger partial charge in [0.15, 0.2) is 11.5 Å². The van der Waals surface area contributed by atoms with Gasteiger partial charge in [0.05, 0.1) is 5.69 Å². The van der Waals surface area contributed by atoms with E-state index in [4.69, 9.17) is 9.47 Å². The number of imide groups is 2. The Labute approximate surface area is 155 Å². The van der Waals surface area contributed by atoms with Crippen LogP contribution in [0.2, 0.25) is 0 Å². The lowest BCUT2D eigenvalue weighted by molar-refractivity contribution is -0.122. The maximum atomic E-state index is 13.0. The number of urea groups is 1. The molecule has 27 heavy (non-hydrogen) atoms. The number of anilines is 1. The van der Waals surface area contributed by atoms with Crippen LogP contribution in [0.1, 0.15) is 17.0 Å². The fourth-order valence-corrected chi connectivity index (χ4v) is 3.10. The number of aryl methyl sites for hydroxylation is 1. The maximum Gasteiger partial charge on any atom is 0.335 e. The van der Waals surface area contributed by atoms with Gasteiger partial charge in [-0.05, 0) is 43.7 Å². The van der Waals surface area contributed by atoms with Gasteiger partial charge in [-0.25, -0.2) is 9.69 Å². The molecule has 1 saturated heterocycles. The van der Waals surface area contributed by atoms with Gasteiger partial charge in [-0.15, -0.1) is 0 Å². The van der Waals surface area contributed by atoms with Crippen LogP contribution < -0.4 is 19.7 Å². The average molecular weight is 367 g/mol. The predicted octanol–water partition coefficient (Wildman–Crippen LogP) is 2.04. The molecule has 4 rings (SSSR count). The molecule has 4 amide bonds. The van der Waals surface area contributed by atoms with Crippen molar-refractivity contribution in [1.29, 1.82) is 0 Å². The quantitative estimate of drug-likeness (QED) is 0.648. The largest absolute Gasteiger partial charge is 0.454 e. The van der Waals surface area contributed by atoms with Crippen molar-refractivity contribution in [2.24, 2.45) is 7.05 Å². The minimum absolute atomic E-state index is 0.0786. The number of carbonyl (C=O) groups is 3. The van der Waals surface area contributed by atoms with E-state index in [1.165, 1.54) is 12.1 Å². The summed E-state index contributed by atoms with van der Waals surface area (Å²) in [6, 6.07) is 5.79. The van der Waals surface area contributed by atoms with Crippen molar-refractivity contribution in [3.63, 3.8) is 0 Å². The highest BCUT2D eigenvalue weighted by Gasteiger charge is 2.37. The van der Waals surface area contributed by atoms with Crippen LogP contribution in [0.3, 0.4) is 0 Å². The van der Waals surface area contributed by atoms with Crippen molar-refractivity contribution < 1.29 is 23.9 Å². The lowest BCUT2D eigenvalue weighted by atomic mass is 10.1. The first-order valence-electron chi connectivity index (χ1n) is 8.31. The molecule has 8 nitrogen and oxygen atoms in total. The number of hydrogen-bond donors (Lipinski definition) is 1. The second kappa shape index (κ2) is 6.01. The fourth-order valence-electron chi connectivity index (χ4n) is 3.10. The summed E-state index contributed by atoms with van der Waals surface area (Å²) in [5.41, 5.74) is 2.83. The van der Waals surface area contributed by atoms with E-state index in [1.807, 2.05) is 31.5 Å². The molecule has 2 aliphatic rings. The standard InChI is InChI=1S/C19H17N3O5/c1-10-6-12(11(2)21(10)3)7-14-17(23)20-19(25)22(18(14)24)13-4-5-15-16(8-13)27-9-26-15/h4-8H,9H2,1-3H3,(H,20,23,25)/b14-7+. The molecule has 8 heteroatoms. The van der Waals surface area contributed by atoms with Crippen molar-refractivity contribution in [2.45, 2.75) is 13.8 Å². The molecule has 0 spiro atoms. The van der Waals surface area contributed by atoms with Gasteiger partial charge in [0.25, 0.3) is 11.8 Å². The Morgan fingerprint density at radius 1 is 1.07 bits per heavy atom. The number of nitrogens with zero attached hydrogens (tertiary/aromatic N) is 2. The van der Waals surface area contributed by atoms with Gasteiger partial charge >= 0.3 is 6.03 Å². The summed E-state index contributed by atoms with van der Waals surface area (Å²) in [5, 5.41) is 2.22. The first-order valence-corrected chi connectivity index (χ1v) is 8.31. The highest BCUT2D eigenvalue weighted by Crippen LogP contribution is 2.36. The van der Waals surface area contributed by atoms with E-state index in [1.54, 1.807) is 12.1 Å². The topological polar surface area (TPSA) is 89.9 Å². The van der Waals surface area contributed by atoms with Crippen LogP contribution in [0.25, 0.3) is 6.08 Å². The molecule has 1 aromatic carbocycles. The third-order valence-corrected chi connectivity index (χ3v) is 4.83. The molecule has 2 aliphatic heterocycles. The highest BCUT2D eigenvalue weighted by molar-refractivity contribution is 6.39. The van der Waals surface area contributed by atoms with Crippen molar-refractivity contribution in [3.8, 4) is 11.5 Å². The Kier molecular flexibility index (Phi) is 3.76. The van der Waals surface area contributed by atoms with Crippen molar-refractivity contribution >= 4 is 29.6 Å². The van der Waals surface area contributed by atoms with Gasteiger partial charge in [0, 0.05) is 24.5 Å². The normalized spacial score (nSPS) is 17.7. The second-order valence-corrected chi connectivity index (χ2v) is 6.38. The van der Waals surface area contributed by atoms with E-state index in [0.717, 1.165) is 21.9 Å². The predicted molar refractivity (Wildman–Crippen MR) is 96.5 cm³/mol. The Morgan fingerprint density at radius 3 is 2.52 bits per heavy atom. The molecular formula is C19H17N3O5. The van der Waals surface area contributed by atoms with Gasteiger partial charge in [-0.3, -0.25) is 14.9 Å². The lowest BCUT2D eigenvalue weighted by Crippen LogP contribution is -2.54. The van der Waals surface area contributed by atoms with Gasteiger partial charge in [0.1, 0.15) is 5.57 Å². The summed E-state index contributed by atoms with van der Waals surface area (Å²) >= 11 is 0. The minimum atomic E-state index is -0.804. The zero-order valence-corrected chi connectivity index (χ0v) is 15.0. The molecule has 138 valence electrons. The van der Waals surface area contributed by atoms with E-state index in [-0.39, 0.29) is 12.4 Å². The highest BCUT2D eigenvalue weighted by atomic mass is 16.7. The number of hydrogen-bond acceptors (Lipinski definition) is 5. The van der Waals surface area contributed by atoms with Crippen molar-refractivity contribution in [2.75, 3.05) is 11.7 Å². The molecule has 1 N–H and O–H groups in total. The number of fused-ring (bicyclic) bond motifs is 1. The molecule has 3 heterocycles. The smallest absolute Gasteiger partial charge is 0.335 e. The maximum absolute atomic E-state index is 13.0. The van der Waals surface area contributed by atoms with Gasteiger partial charge in [0.2, 0.25) is 6.79 Å². The second-order valence-electron chi connectivity index (χ2n) is 6.38. The van der Waals surface area contributed by atoms with Crippen LogP contribution in [0, 0.1) is 13.8 Å². The number of amides is 4. The van der Waals surface area contributed by atoms with Crippen molar-refractivity contribution in [1.82, 2.24) is 9.88 Å². The Bertz CT molecular complexity index is 1030. The summed E-state index contributed by atoms with van der Waals surface area (Å²) < 4.78 is 12.5. The number of rotatable bonds is 2. The minimum Gasteiger partial charge on any atom is -0.454 e. The Balaban J connectivity index is 1.75. The molecular weight excluding hydrogens is 350 g/mol. The first kappa shape index (κ1) is 16.9. The van der Waals surface area contributed by atoms with E-state index in [0.29, 0.717) is 17.2 Å². The molecule has 1 aromatic heterocycles. The molecule has 2 aromatic rings. The van der Waals surface area contributed by atoms with Crippen LogP contribution in [-0.2, 0) is 16.6 Å². The van der Waals surface area contributed by atoms with Crippen LogP contribution in [0.5, 0.6) is 11.5 Å². The number of nitrogens with one attached hydrogen (secondary N) is 1. The first-order chi connectivity index (χ1) is 12.9. The molecule has 0 bridgehead atoms. The monoisotopic (exact) mass is 367 g/mol. The number of aromatic nitrogens is 1. The Morgan fingerprint density at radius 2 is 1.81 bits per heavy atom. The van der Waals surface area contributed by atoms with Crippen molar-refractivity contribution in [3.05, 3.63) is 46.8 Å². The van der Waals surface area contributed by atoms with Gasteiger partial charge in [-0.1, -0.05) is 0 Å². The molecule has 0 radical (unpaired) electrons. The number of ether oxygens (including phenoxy) is 2. The van der Waals surface area contributed by atoms with E-state index >= 15 is 0 Å². The van der Waals surface area contributed by atoms with E-state index in [9.17, 15) is 14.4 Å². The lowest BCUT2D eigenvalue weighted by Gasteiger charge is -2.26. The number of barbiturate groups is 1. The Hall–Kier alpha value is -3.55. The van der Waals surface area contributed by atoms with E-state index in [2.05, 4.69) is 5.32 Å².